The van der Waals surface area contributed by atoms with Crippen LogP contribution in [0.25, 0.3) is 23.1 Å². The summed E-state index contributed by atoms with van der Waals surface area (Å²) < 4.78 is 0.871. The van der Waals surface area contributed by atoms with Gasteiger partial charge in [0.15, 0.2) is 0 Å². The molecule has 0 aliphatic carbocycles. The molecule has 3 aromatic rings. The Morgan fingerprint density at radius 3 is 2.50 bits per heavy atom. The Labute approximate surface area is 154 Å². The molecule has 0 unspecified atom stereocenters. The second-order valence-corrected chi connectivity index (χ2v) is 7.08. The van der Waals surface area contributed by atoms with Crippen LogP contribution in [0.5, 0.6) is 0 Å². The van der Waals surface area contributed by atoms with Gasteiger partial charge in [-0.1, -0.05) is 45.7 Å². The number of nitrogens with zero attached hydrogens (tertiary/aromatic N) is 1. The van der Waals surface area contributed by atoms with Gasteiger partial charge in [0, 0.05) is 40.2 Å². The van der Waals surface area contributed by atoms with Crippen molar-refractivity contribution in [1.82, 2.24) is 9.88 Å². The molecule has 24 heavy (non-hydrogen) atoms. The SMILES string of the molecule is CN(C)C(=O)c1cc(Br)cc2[nH]c(/C=C/c3ccc(Cl)cc3)cc12. The van der Waals surface area contributed by atoms with Crippen molar-refractivity contribution >= 4 is 56.5 Å². The molecule has 1 aromatic heterocycles. The number of amides is 1. The van der Waals surface area contributed by atoms with Crippen LogP contribution in [0.2, 0.25) is 5.02 Å². The number of fused-ring (bicyclic) bond motifs is 1. The van der Waals surface area contributed by atoms with Crippen LogP contribution < -0.4 is 0 Å². The van der Waals surface area contributed by atoms with Crippen molar-refractivity contribution in [2.24, 2.45) is 0 Å². The molecule has 0 saturated carbocycles. The fourth-order valence-corrected chi connectivity index (χ4v) is 3.08. The first-order valence-corrected chi connectivity index (χ1v) is 8.59. The second-order valence-electron chi connectivity index (χ2n) is 5.72. The topological polar surface area (TPSA) is 36.1 Å². The highest BCUT2D eigenvalue weighted by Crippen LogP contribution is 2.26. The van der Waals surface area contributed by atoms with Gasteiger partial charge in [-0.3, -0.25) is 4.79 Å². The molecule has 122 valence electrons. The molecular weight excluding hydrogens is 388 g/mol. The van der Waals surface area contributed by atoms with Crippen LogP contribution in [0.15, 0.2) is 46.9 Å². The van der Waals surface area contributed by atoms with E-state index in [2.05, 4.69) is 20.9 Å². The Kier molecular flexibility index (Phi) is 4.78. The predicted molar refractivity (Wildman–Crippen MR) is 104 cm³/mol. The molecule has 0 fully saturated rings. The van der Waals surface area contributed by atoms with Gasteiger partial charge in [0.05, 0.1) is 5.56 Å². The molecule has 1 amide bonds. The smallest absolute Gasteiger partial charge is 0.254 e. The summed E-state index contributed by atoms with van der Waals surface area (Å²) in [6.07, 6.45) is 3.99. The Hall–Kier alpha value is -2.04. The standard InChI is InChI=1S/C19H16BrClN2O/c1-23(2)19(24)17-9-13(20)10-18-16(17)11-15(22-18)8-5-12-3-6-14(21)7-4-12/h3-11,22H,1-2H3/b8-5+. The van der Waals surface area contributed by atoms with E-state index in [1.165, 1.54) is 0 Å². The normalized spacial score (nSPS) is 11.3. The van der Waals surface area contributed by atoms with Crippen LogP contribution >= 0.6 is 27.5 Å². The Balaban J connectivity index is 2.00. The van der Waals surface area contributed by atoms with Crippen molar-refractivity contribution in [2.75, 3.05) is 14.1 Å². The molecule has 0 bridgehead atoms. The zero-order valence-corrected chi connectivity index (χ0v) is 15.6. The van der Waals surface area contributed by atoms with Crippen LogP contribution in [-0.4, -0.2) is 29.9 Å². The van der Waals surface area contributed by atoms with E-state index in [4.69, 9.17) is 11.6 Å². The Morgan fingerprint density at radius 2 is 1.83 bits per heavy atom. The van der Waals surface area contributed by atoms with E-state index in [0.29, 0.717) is 5.56 Å². The Morgan fingerprint density at radius 1 is 1.12 bits per heavy atom. The number of halogens is 2. The van der Waals surface area contributed by atoms with Gasteiger partial charge in [0.25, 0.3) is 5.91 Å². The zero-order valence-electron chi connectivity index (χ0n) is 13.3. The van der Waals surface area contributed by atoms with Crippen molar-refractivity contribution < 1.29 is 4.79 Å². The minimum absolute atomic E-state index is 0.0199. The lowest BCUT2D eigenvalue weighted by atomic mass is 10.1. The van der Waals surface area contributed by atoms with Gasteiger partial charge in [-0.05, 0) is 42.0 Å². The third kappa shape index (κ3) is 3.55. The van der Waals surface area contributed by atoms with Gasteiger partial charge in [-0.25, -0.2) is 0 Å². The van der Waals surface area contributed by atoms with Gasteiger partial charge in [0.2, 0.25) is 0 Å². The number of aromatic amines is 1. The Bertz CT molecular complexity index is 926. The van der Waals surface area contributed by atoms with E-state index < -0.39 is 0 Å². The summed E-state index contributed by atoms with van der Waals surface area (Å²) in [6, 6.07) is 13.4. The summed E-state index contributed by atoms with van der Waals surface area (Å²) >= 11 is 9.37. The first-order valence-electron chi connectivity index (χ1n) is 7.41. The van der Waals surface area contributed by atoms with Crippen molar-refractivity contribution in [3.8, 4) is 0 Å². The van der Waals surface area contributed by atoms with Crippen LogP contribution in [-0.2, 0) is 0 Å². The average Bonchev–Trinajstić information content (AvgIpc) is 2.95. The van der Waals surface area contributed by atoms with E-state index in [1.54, 1.807) is 19.0 Å². The third-order valence-corrected chi connectivity index (χ3v) is 4.40. The first kappa shape index (κ1) is 16.8. The summed E-state index contributed by atoms with van der Waals surface area (Å²) in [6.45, 7) is 0. The summed E-state index contributed by atoms with van der Waals surface area (Å²) in [7, 11) is 3.51. The number of hydrogen-bond donors (Lipinski definition) is 1. The molecule has 0 aliphatic heterocycles. The lowest BCUT2D eigenvalue weighted by Crippen LogP contribution is -2.21. The molecule has 0 spiro atoms. The molecule has 1 heterocycles. The van der Waals surface area contributed by atoms with Crippen LogP contribution in [0.1, 0.15) is 21.6 Å². The van der Waals surface area contributed by atoms with E-state index in [0.717, 1.165) is 31.7 Å². The molecule has 3 nitrogen and oxygen atoms in total. The minimum atomic E-state index is -0.0199. The lowest BCUT2D eigenvalue weighted by Gasteiger charge is -2.11. The van der Waals surface area contributed by atoms with Gasteiger partial charge >= 0.3 is 0 Å². The third-order valence-electron chi connectivity index (χ3n) is 3.69. The number of aromatic nitrogens is 1. The maximum absolute atomic E-state index is 12.4. The number of H-pyrrole nitrogens is 1. The lowest BCUT2D eigenvalue weighted by molar-refractivity contribution is 0.0829. The fraction of sp³-hybridized carbons (Fsp3) is 0.105. The zero-order chi connectivity index (χ0) is 17.3. The van der Waals surface area contributed by atoms with Gasteiger partial charge < -0.3 is 9.88 Å². The summed E-state index contributed by atoms with van der Waals surface area (Å²) in [5.74, 6) is -0.0199. The largest absolute Gasteiger partial charge is 0.355 e. The molecule has 1 N–H and O–H groups in total. The molecule has 2 aromatic carbocycles. The maximum Gasteiger partial charge on any atom is 0.254 e. The van der Waals surface area contributed by atoms with Crippen molar-refractivity contribution in [2.45, 2.75) is 0 Å². The highest BCUT2D eigenvalue weighted by molar-refractivity contribution is 9.10. The number of carbonyl (C=O) groups excluding carboxylic acids is 1. The fourth-order valence-electron chi connectivity index (χ4n) is 2.49. The second kappa shape index (κ2) is 6.83. The van der Waals surface area contributed by atoms with E-state index in [9.17, 15) is 4.79 Å². The minimum Gasteiger partial charge on any atom is -0.355 e. The van der Waals surface area contributed by atoms with Crippen molar-refractivity contribution in [3.05, 3.63) is 68.8 Å². The summed E-state index contributed by atoms with van der Waals surface area (Å²) in [5, 5.41) is 1.63. The molecule has 0 aliphatic rings. The molecule has 0 atom stereocenters. The maximum atomic E-state index is 12.4. The quantitative estimate of drug-likeness (QED) is 0.619. The highest BCUT2D eigenvalue weighted by Gasteiger charge is 2.14. The molecule has 0 radical (unpaired) electrons. The highest BCUT2D eigenvalue weighted by atomic mass is 79.9. The summed E-state index contributed by atoms with van der Waals surface area (Å²) in [5.41, 5.74) is 3.59. The van der Waals surface area contributed by atoms with Crippen LogP contribution in [0.3, 0.4) is 0 Å². The monoisotopic (exact) mass is 402 g/mol. The number of nitrogens with one attached hydrogen (secondary N) is 1. The molecule has 0 saturated heterocycles. The van der Waals surface area contributed by atoms with Crippen LogP contribution in [0.4, 0.5) is 0 Å². The van der Waals surface area contributed by atoms with E-state index >= 15 is 0 Å². The number of hydrogen-bond acceptors (Lipinski definition) is 1. The van der Waals surface area contributed by atoms with Crippen molar-refractivity contribution in [3.63, 3.8) is 0 Å². The van der Waals surface area contributed by atoms with E-state index in [1.807, 2.05) is 54.6 Å². The number of carbonyl (C=O) groups is 1. The van der Waals surface area contributed by atoms with Gasteiger partial charge in [-0.2, -0.15) is 0 Å². The number of benzene rings is 2. The average molecular weight is 404 g/mol. The van der Waals surface area contributed by atoms with Gasteiger partial charge in [-0.15, -0.1) is 0 Å². The molecule has 5 heteroatoms. The predicted octanol–water partition coefficient (Wildman–Crippen LogP) is 5.46. The number of rotatable bonds is 3. The molecule has 3 rings (SSSR count). The van der Waals surface area contributed by atoms with Crippen molar-refractivity contribution in [1.29, 1.82) is 0 Å². The first-order chi connectivity index (χ1) is 11.4. The summed E-state index contributed by atoms with van der Waals surface area (Å²) in [4.78, 5) is 17.3. The van der Waals surface area contributed by atoms with Crippen LogP contribution in [0, 0.1) is 0 Å². The van der Waals surface area contributed by atoms with E-state index in [-0.39, 0.29) is 5.91 Å². The van der Waals surface area contributed by atoms with Gasteiger partial charge in [0.1, 0.15) is 0 Å². The molecular formula is C19H16BrClN2O.